The van der Waals surface area contributed by atoms with E-state index in [1.54, 1.807) is 6.92 Å². The molecule has 0 saturated carbocycles. The number of rotatable bonds is 5. The van der Waals surface area contributed by atoms with Gasteiger partial charge in [0.2, 0.25) is 0 Å². The van der Waals surface area contributed by atoms with Crippen LogP contribution >= 0.6 is 0 Å². The van der Waals surface area contributed by atoms with E-state index in [4.69, 9.17) is 4.74 Å². The van der Waals surface area contributed by atoms with Crippen molar-refractivity contribution < 1.29 is 18.3 Å². The number of fused-ring (bicyclic) bond motifs is 1. The summed E-state index contributed by atoms with van der Waals surface area (Å²) in [5.74, 6) is 0.800. The molecule has 0 spiro atoms. The summed E-state index contributed by atoms with van der Waals surface area (Å²) in [5, 5.41) is 9.93. The second-order valence-corrected chi connectivity index (χ2v) is 7.33. The van der Waals surface area contributed by atoms with Crippen LogP contribution in [0.1, 0.15) is 37.0 Å². The van der Waals surface area contributed by atoms with E-state index in [2.05, 4.69) is 0 Å². The molecular weight excluding hydrogens is 264 g/mol. The Morgan fingerprint density at radius 2 is 2.21 bits per heavy atom. The lowest BCUT2D eigenvalue weighted by Crippen LogP contribution is -2.16. The predicted octanol–water partition coefficient (Wildman–Crippen LogP) is 1.87. The van der Waals surface area contributed by atoms with Gasteiger partial charge in [0.1, 0.15) is 12.4 Å². The van der Waals surface area contributed by atoms with Crippen molar-refractivity contribution in [3.05, 3.63) is 29.3 Å². The molecule has 0 aromatic heterocycles. The molecule has 0 bridgehead atoms. The average Bonchev–Trinajstić information content (AvgIpc) is 2.39. The highest BCUT2D eigenvalue weighted by molar-refractivity contribution is 7.91. The smallest absolute Gasteiger partial charge is 0.153 e. The number of sulfone groups is 1. The Morgan fingerprint density at radius 3 is 2.95 bits per heavy atom. The Kier molecular flexibility index (Phi) is 4.47. The third kappa shape index (κ3) is 3.70. The molecule has 0 heterocycles. The molecule has 1 aliphatic rings. The van der Waals surface area contributed by atoms with Gasteiger partial charge in [-0.2, -0.15) is 0 Å². The van der Waals surface area contributed by atoms with Crippen LogP contribution in [0.5, 0.6) is 5.75 Å². The minimum atomic E-state index is -2.99. The summed E-state index contributed by atoms with van der Waals surface area (Å²) in [5.41, 5.74) is 2.08. The lowest BCUT2D eigenvalue weighted by Gasteiger charge is -2.21. The zero-order valence-corrected chi connectivity index (χ0v) is 11.9. The summed E-state index contributed by atoms with van der Waals surface area (Å²) in [6, 6.07) is 5.63. The van der Waals surface area contributed by atoms with Gasteiger partial charge < -0.3 is 9.84 Å². The van der Waals surface area contributed by atoms with Crippen LogP contribution in [-0.2, 0) is 16.3 Å². The largest absolute Gasteiger partial charge is 0.493 e. The van der Waals surface area contributed by atoms with Crippen molar-refractivity contribution in [3.8, 4) is 5.75 Å². The van der Waals surface area contributed by atoms with Crippen LogP contribution in [0.3, 0.4) is 0 Å². The second-order valence-electron chi connectivity index (χ2n) is 4.85. The molecule has 0 aliphatic heterocycles. The van der Waals surface area contributed by atoms with Crippen molar-refractivity contribution in [3.63, 3.8) is 0 Å². The van der Waals surface area contributed by atoms with Gasteiger partial charge in [0, 0.05) is 5.75 Å². The summed E-state index contributed by atoms with van der Waals surface area (Å²) in [7, 11) is -2.99. The fraction of sp³-hybridized carbons (Fsp3) is 0.571. The van der Waals surface area contributed by atoms with Crippen molar-refractivity contribution >= 4 is 9.84 Å². The van der Waals surface area contributed by atoms with Crippen LogP contribution in [0.25, 0.3) is 0 Å². The van der Waals surface area contributed by atoms with E-state index >= 15 is 0 Å². The number of hydrogen-bond acceptors (Lipinski definition) is 4. The van der Waals surface area contributed by atoms with Crippen molar-refractivity contribution in [2.45, 2.75) is 32.3 Å². The third-order valence-corrected chi connectivity index (χ3v) is 5.17. The van der Waals surface area contributed by atoms with E-state index in [0.717, 1.165) is 30.4 Å². The maximum Gasteiger partial charge on any atom is 0.153 e. The van der Waals surface area contributed by atoms with Crippen molar-refractivity contribution in [1.82, 2.24) is 0 Å². The first-order valence-electron chi connectivity index (χ1n) is 6.66. The molecule has 2 rings (SSSR count). The van der Waals surface area contributed by atoms with Crippen LogP contribution in [0, 0.1) is 0 Å². The predicted molar refractivity (Wildman–Crippen MR) is 74.2 cm³/mol. The molecule has 1 N–H and O–H groups in total. The Bertz CT molecular complexity index is 536. The fourth-order valence-electron chi connectivity index (χ4n) is 2.27. The quantitative estimate of drug-likeness (QED) is 0.896. The molecule has 1 aliphatic carbocycles. The summed E-state index contributed by atoms with van der Waals surface area (Å²) in [6.45, 7) is 1.79. The lowest BCUT2D eigenvalue weighted by molar-refractivity contribution is 0.156. The summed E-state index contributed by atoms with van der Waals surface area (Å²) < 4.78 is 28.2. The molecule has 1 atom stereocenters. The van der Waals surface area contributed by atoms with E-state index in [-0.39, 0.29) is 18.1 Å². The van der Waals surface area contributed by atoms with Gasteiger partial charge in [0.15, 0.2) is 9.84 Å². The highest BCUT2D eigenvalue weighted by Crippen LogP contribution is 2.32. The average molecular weight is 284 g/mol. The minimum Gasteiger partial charge on any atom is -0.493 e. The molecule has 0 amide bonds. The first kappa shape index (κ1) is 14.3. The van der Waals surface area contributed by atoms with Crippen LogP contribution in [0.2, 0.25) is 0 Å². The van der Waals surface area contributed by atoms with Crippen LogP contribution < -0.4 is 4.74 Å². The summed E-state index contributed by atoms with van der Waals surface area (Å²) >= 11 is 0. The molecule has 4 nitrogen and oxygen atoms in total. The Morgan fingerprint density at radius 1 is 1.42 bits per heavy atom. The Labute approximate surface area is 114 Å². The van der Waals surface area contributed by atoms with Gasteiger partial charge >= 0.3 is 0 Å². The maximum absolute atomic E-state index is 11.4. The molecule has 0 saturated heterocycles. The van der Waals surface area contributed by atoms with E-state index in [0.29, 0.717) is 5.75 Å². The van der Waals surface area contributed by atoms with Gasteiger partial charge in [0.25, 0.3) is 0 Å². The lowest BCUT2D eigenvalue weighted by atomic mass is 9.89. The van der Waals surface area contributed by atoms with Crippen molar-refractivity contribution in [2.75, 3.05) is 18.1 Å². The molecule has 1 unspecified atom stereocenters. The number of ether oxygens (including phenoxy) is 1. The Hall–Kier alpha value is -1.07. The van der Waals surface area contributed by atoms with Crippen molar-refractivity contribution in [2.24, 2.45) is 0 Å². The van der Waals surface area contributed by atoms with E-state index < -0.39 is 15.9 Å². The van der Waals surface area contributed by atoms with Gasteiger partial charge in [-0.3, -0.25) is 0 Å². The molecule has 19 heavy (non-hydrogen) atoms. The van der Waals surface area contributed by atoms with Crippen LogP contribution in [-0.4, -0.2) is 31.6 Å². The van der Waals surface area contributed by atoms with Gasteiger partial charge in [0.05, 0.1) is 11.9 Å². The third-order valence-electron chi connectivity index (χ3n) is 3.50. The second kappa shape index (κ2) is 5.92. The SMILES string of the molecule is CCS(=O)(=O)CCOc1ccc2c(c1)C(O)CCC2. The van der Waals surface area contributed by atoms with E-state index in [9.17, 15) is 13.5 Å². The summed E-state index contributed by atoms with van der Waals surface area (Å²) in [4.78, 5) is 0. The zero-order valence-electron chi connectivity index (χ0n) is 11.1. The first-order chi connectivity index (χ1) is 9.02. The maximum atomic E-state index is 11.4. The number of hydrogen-bond donors (Lipinski definition) is 1. The zero-order chi connectivity index (χ0) is 13.9. The van der Waals surface area contributed by atoms with Gasteiger partial charge in [-0.15, -0.1) is 0 Å². The van der Waals surface area contributed by atoms with Crippen LogP contribution in [0.4, 0.5) is 0 Å². The minimum absolute atomic E-state index is 0.0309. The van der Waals surface area contributed by atoms with E-state index in [1.807, 2.05) is 18.2 Å². The normalized spacial score (nSPS) is 18.9. The molecular formula is C14H20O4S. The molecule has 0 fully saturated rings. The summed E-state index contributed by atoms with van der Waals surface area (Å²) in [6.07, 6.45) is 2.34. The first-order valence-corrected chi connectivity index (χ1v) is 8.48. The van der Waals surface area contributed by atoms with Crippen molar-refractivity contribution in [1.29, 1.82) is 0 Å². The van der Waals surface area contributed by atoms with Gasteiger partial charge in [-0.05, 0) is 42.5 Å². The molecule has 0 radical (unpaired) electrons. The van der Waals surface area contributed by atoms with Gasteiger partial charge in [-0.1, -0.05) is 13.0 Å². The highest BCUT2D eigenvalue weighted by atomic mass is 32.2. The highest BCUT2D eigenvalue weighted by Gasteiger charge is 2.18. The molecule has 106 valence electrons. The topological polar surface area (TPSA) is 63.6 Å². The van der Waals surface area contributed by atoms with E-state index in [1.165, 1.54) is 0 Å². The monoisotopic (exact) mass is 284 g/mol. The number of aryl methyl sites for hydroxylation is 1. The van der Waals surface area contributed by atoms with Gasteiger partial charge in [-0.25, -0.2) is 8.42 Å². The Balaban J connectivity index is 2.00. The van der Waals surface area contributed by atoms with Crippen LogP contribution in [0.15, 0.2) is 18.2 Å². The molecule has 5 heteroatoms. The molecule has 1 aromatic rings. The molecule has 1 aromatic carbocycles. The fourth-order valence-corrected chi connectivity index (χ4v) is 2.90. The number of aliphatic hydroxyl groups excluding tert-OH is 1. The number of aliphatic hydroxyl groups is 1. The number of benzene rings is 1. The standard InChI is InChI=1S/C14H20O4S/c1-2-19(16,17)9-8-18-12-7-6-11-4-3-5-14(15)13(11)10-12/h6-7,10,14-15H,2-5,8-9H2,1H3.